The molecule has 3 aromatic heterocycles. The van der Waals surface area contributed by atoms with E-state index in [0.29, 0.717) is 16.3 Å². The zero-order valence-electron chi connectivity index (χ0n) is 10.4. The average molecular weight is 277 g/mol. The van der Waals surface area contributed by atoms with Gasteiger partial charge in [0.1, 0.15) is 4.70 Å². The Hall–Kier alpha value is -2.15. The lowest BCUT2D eigenvalue weighted by molar-refractivity contribution is 0.323. The number of ether oxygens (including phenoxy) is 1. The normalized spacial score (nSPS) is 11.1. The number of rotatable bonds is 3. The zero-order valence-corrected chi connectivity index (χ0v) is 11.2. The quantitative estimate of drug-likeness (QED) is 0.730. The van der Waals surface area contributed by atoms with Crippen molar-refractivity contribution in [3.8, 4) is 5.88 Å². The molecule has 98 valence electrons. The minimum atomic E-state index is -0.0709. The van der Waals surface area contributed by atoms with Gasteiger partial charge in [0.25, 0.3) is 11.4 Å². The molecule has 0 aliphatic carbocycles. The molecule has 0 bridgehead atoms. The molecule has 7 heteroatoms. The Balaban J connectivity index is 2.01. The van der Waals surface area contributed by atoms with E-state index in [0.717, 1.165) is 11.1 Å². The third kappa shape index (κ3) is 2.01. The first kappa shape index (κ1) is 11.9. The Labute approximate surface area is 112 Å². The summed E-state index contributed by atoms with van der Waals surface area (Å²) in [5, 5.41) is 5.63. The van der Waals surface area contributed by atoms with Crippen LogP contribution in [0.5, 0.6) is 5.88 Å². The van der Waals surface area contributed by atoms with Crippen LogP contribution in [0, 0.1) is 6.92 Å². The molecule has 0 unspecified atom stereocenters. The topological polar surface area (TPSA) is 70.2 Å². The lowest BCUT2D eigenvalue weighted by Crippen LogP contribution is -2.20. The fourth-order valence-corrected chi connectivity index (χ4v) is 2.76. The van der Waals surface area contributed by atoms with Crippen LogP contribution in [0.3, 0.4) is 0 Å². The maximum Gasteiger partial charge on any atom is 0.271 e. The largest absolute Gasteiger partial charge is 0.479 e. The van der Waals surface area contributed by atoms with Gasteiger partial charge in [-0.1, -0.05) is 0 Å². The number of methoxy groups -OCH3 is 1. The van der Waals surface area contributed by atoms with E-state index in [1.807, 2.05) is 12.3 Å². The van der Waals surface area contributed by atoms with Crippen molar-refractivity contribution in [2.24, 2.45) is 0 Å². The Bertz CT molecular complexity index is 787. The van der Waals surface area contributed by atoms with Gasteiger partial charge < -0.3 is 9.26 Å². The zero-order chi connectivity index (χ0) is 13.4. The van der Waals surface area contributed by atoms with Crippen molar-refractivity contribution in [1.29, 1.82) is 0 Å². The molecule has 0 fully saturated rings. The highest BCUT2D eigenvalue weighted by Gasteiger charge is 2.11. The van der Waals surface area contributed by atoms with Crippen LogP contribution in [0.1, 0.15) is 11.3 Å². The van der Waals surface area contributed by atoms with Crippen LogP contribution in [0.2, 0.25) is 0 Å². The van der Waals surface area contributed by atoms with Gasteiger partial charge in [0, 0.05) is 6.07 Å². The summed E-state index contributed by atoms with van der Waals surface area (Å²) in [6.07, 6.45) is 1.53. The molecule has 3 rings (SSSR count). The van der Waals surface area contributed by atoms with Gasteiger partial charge in [0.2, 0.25) is 0 Å². The van der Waals surface area contributed by atoms with Crippen molar-refractivity contribution < 1.29 is 9.26 Å². The van der Waals surface area contributed by atoms with Crippen LogP contribution in [0.15, 0.2) is 27.1 Å². The Kier molecular flexibility index (Phi) is 2.83. The summed E-state index contributed by atoms with van der Waals surface area (Å²) in [5.41, 5.74) is 1.71. The van der Waals surface area contributed by atoms with Crippen LogP contribution in [-0.4, -0.2) is 21.8 Å². The number of hydrogen-bond acceptors (Lipinski definition) is 6. The van der Waals surface area contributed by atoms with Crippen LogP contribution >= 0.6 is 11.3 Å². The van der Waals surface area contributed by atoms with E-state index in [4.69, 9.17) is 9.26 Å². The van der Waals surface area contributed by atoms with Gasteiger partial charge in [-0.25, -0.2) is 4.98 Å². The number of fused-ring (bicyclic) bond motifs is 1. The molecular weight excluding hydrogens is 266 g/mol. The van der Waals surface area contributed by atoms with Crippen molar-refractivity contribution in [3.05, 3.63) is 39.5 Å². The second-order valence-electron chi connectivity index (χ2n) is 4.11. The molecular formula is C12H11N3O3S. The molecule has 6 nitrogen and oxygen atoms in total. The van der Waals surface area contributed by atoms with Crippen LogP contribution < -0.4 is 10.3 Å². The predicted molar refractivity (Wildman–Crippen MR) is 70.8 cm³/mol. The third-order valence-electron chi connectivity index (χ3n) is 2.80. The molecule has 0 atom stereocenters. The van der Waals surface area contributed by atoms with Gasteiger partial charge in [-0.2, -0.15) is 0 Å². The summed E-state index contributed by atoms with van der Waals surface area (Å²) >= 11 is 1.41. The maximum absolute atomic E-state index is 12.3. The first-order valence-corrected chi connectivity index (χ1v) is 6.50. The van der Waals surface area contributed by atoms with Crippen LogP contribution in [-0.2, 0) is 6.54 Å². The molecule has 19 heavy (non-hydrogen) atoms. The van der Waals surface area contributed by atoms with E-state index in [1.165, 1.54) is 29.3 Å². The predicted octanol–water partition coefficient (Wildman–Crippen LogP) is 1.81. The first-order chi connectivity index (χ1) is 9.19. The fourth-order valence-electron chi connectivity index (χ4n) is 1.81. The Morgan fingerprint density at radius 2 is 2.37 bits per heavy atom. The fraction of sp³-hybridized carbons (Fsp3) is 0.250. The molecule has 0 radical (unpaired) electrons. The highest BCUT2D eigenvalue weighted by Crippen LogP contribution is 2.19. The number of aryl methyl sites for hydroxylation is 1. The van der Waals surface area contributed by atoms with Gasteiger partial charge in [-0.3, -0.25) is 9.36 Å². The van der Waals surface area contributed by atoms with Crippen molar-refractivity contribution in [1.82, 2.24) is 14.7 Å². The van der Waals surface area contributed by atoms with E-state index >= 15 is 0 Å². The summed E-state index contributed by atoms with van der Waals surface area (Å²) in [7, 11) is 1.51. The smallest absolute Gasteiger partial charge is 0.271 e. The second kappa shape index (κ2) is 4.51. The van der Waals surface area contributed by atoms with Gasteiger partial charge >= 0.3 is 0 Å². The van der Waals surface area contributed by atoms with Gasteiger partial charge in [-0.15, -0.1) is 11.3 Å². The molecule has 0 aliphatic rings. The monoisotopic (exact) mass is 277 g/mol. The molecule has 0 aliphatic heterocycles. The number of thiophene rings is 1. The highest BCUT2D eigenvalue weighted by atomic mass is 32.1. The number of nitrogens with zero attached hydrogens (tertiary/aromatic N) is 3. The Morgan fingerprint density at radius 3 is 3.11 bits per heavy atom. The summed E-state index contributed by atoms with van der Waals surface area (Å²) in [6, 6.07) is 1.65. The minimum absolute atomic E-state index is 0.0709. The standard InChI is InChI=1S/C12H11N3O3S/c1-7-5-19-11-10(7)13-6-15(12(11)16)4-8-3-9(17-2)14-18-8/h3,5-6H,4H2,1-2H3. The molecule has 0 amide bonds. The molecule has 0 spiro atoms. The molecule has 0 saturated carbocycles. The van der Waals surface area contributed by atoms with Crippen molar-refractivity contribution in [2.75, 3.05) is 7.11 Å². The van der Waals surface area contributed by atoms with E-state index in [9.17, 15) is 4.79 Å². The van der Waals surface area contributed by atoms with E-state index in [-0.39, 0.29) is 12.1 Å². The lowest BCUT2D eigenvalue weighted by Gasteiger charge is -2.01. The van der Waals surface area contributed by atoms with Gasteiger partial charge in [0.05, 0.1) is 25.5 Å². The van der Waals surface area contributed by atoms with E-state index in [1.54, 1.807) is 6.07 Å². The van der Waals surface area contributed by atoms with E-state index in [2.05, 4.69) is 10.1 Å². The van der Waals surface area contributed by atoms with Crippen molar-refractivity contribution in [3.63, 3.8) is 0 Å². The first-order valence-electron chi connectivity index (χ1n) is 5.62. The van der Waals surface area contributed by atoms with Crippen molar-refractivity contribution >= 4 is 21.6 Å². The van der Waals surface area contributed by atoms with Crippen molar-refractivity contribution in [2.45, 2.75) is 13.5 Å². The summed E-state index contributed by atoms with van der Waals surface area (Å²) in [4.78, 5) is 16.6. The van der Waals surface area contributed by atoms with Gasteiger partial charge in [-0.05, 0) is 23.0 Å². The Morgan fingerprint density at radius 1 is 1.53 bits per heavy atom. The minimum Gasteiger partial charge on any atom is -0.479 e. The number of hydrogen-bond donors (Lipinski definition) is 0. The molecule has 0 saturated heterocycles. The average Bonchev–Trinajstić information content (AvgIpc) is 3.00. The molecule has 0 N–H and O–H groups in total. The van der Waals surface area contributed by atoms with Crippen LogP contribution in [0.25, 0.3) is 10.2 Å². The maximum atomic E-state index is 12.3. The third-order valence-corrected chi connectivity index (χ3v) is 3.87. The summed E-state index contributed by atoms with van der Waals surface area (Å²) in [6.45, 7) is 2.23. The molecule has 3 heterocycles. The van der Waals surface area contributed by atoms with Crippen LogP contribution in [0.4, 0.5) is 0 Å². The van der Waals surface area contributed by atoms with Gasteiger partial charge in [0.15, 0.2) is 5.76 Å². The molecule has 3 aromatic rings. The lowest BCUT2D eigenvalue weighted by atomic mass is 10.3. The second-order valence-corrected chi connectivity index (χ2v) is 4.99. The SMILES string of the molecule is COc1cc(Cn2cnc3c(C)csc3c2=O)on1. The summed E-state index contributed by atoms with van der Waals surface area (Å²) < 4.78 is 12.2. The number of aromatic nitrogens is 3. The van der Waals surface area contributed by atoms with E-state index < -0.39 is 0 Å². The molecule has 0 aromatic carbocycles. The highest BCUT2D eigenvalue weighted by molar-refractivity contribution is 7.17. The summed E-state index contributed by atoms with van der Waals surface area (Å²) in [5.74, 6) is 0.942.